The molecule has 0 spiro atoms. The zero-order valence-corrected chi connectivity index (χ0v) is 14.6. The van der Waals surface area contributed by atoms with Gasteiger partial charge in [0.15, 0.2) is 0 Å². The van der Waals surface area contributed by atoms with Gasteiger partial charge in [0, 0.05) is 24.2 Å². The third kappa shape index (κ3) is 3.97. The molecule has 0 radical (unpaired) electrons. The zero-order valence-electron chi connectivity index (χ0n) is 13.0. The predicted octanol–water partition coefficient (Wildman–Crippen LogP) is 4.12. The molecule has 1 aromatic rings. The number of hydrazine groups is 1. The van der Waals surface area contributed by atoms with Crippen LogP contribution in [0, 0.1) is 10.1 Å². The summed E-state index contributed by atoms with van der Waals surface area (Å²) in [6.07, 6.45) is 7.94. The zero-order chi connectivity index (χ0) is 17.1. The molecule has 1 N–H and O–H groups in total. The number of Topliss-reactive ketones (excluding diaryl/α,β-unsaturated/α-hetero) is 1. The molecule has 1 aliphatic carbocycles. The number of carbonyl (C=O) groups excluding carboxylic acids is 1. The number of carbonyl (C=O) groups is 1. The summed E-state index contributed by atoms with van der Waals surface area (Å²) in [5, 5.41) is 11.0. The summed E-state index contributed by atoms with van der Waals surface area (Å²) in [7, 11) is 0. The molecule has 1 aliphatic heterocycles. The Morgan fingerprint density at radius 3 is 2.79 bits per heavy atom. The lowest BCUT2D eigenvalue weighted by Crippen LogP contribution is -2.40. The summed E-state index contributed by atoms with van der Waals surface area (Å²) < 4.78 is 1.97. The lowest BCUT2D eigenvalue weighted by Gasteiger charge is -2.27. The fourth-order valence-corrected chi connectivity index (χ4v) is 4.07. The van der Waals surface area contributed by atoms with E-state index in [2.05, 4.69) is 5.43 Å². The first-order valence-corrected chi connectivity index (χ1v) is 9.10. The van der Waals surface area contributed by atoms with Crippen LogP contribution in [-0.2, 0) is 0 Å². The molecule has 24 heavy (non-hydrogen) atoms. The Labute approximate surface area is 149 Å². The highest BCUT2D eigenvalue weighted by Gasteiger charge is 2.26. The molecule has 1 aromatic carbocycles. The first-order valence-electron chi connectivity index (χ1n) is 7.95. The fourth-order valence-electron chi connectivity index (χ4n) is 2.94. The van der Waals surface area contributed by atoms with Gasteiger partial charge in [0.1, 0.15) is 5.02 Å². The number of ketones is 1. The number of nitro benzene ring substituents is 1. The Balaban J connectivity index is 1.64. The number of halogens is 1. The maximum atomic E-state index is 12.6. The SMILES string of the molecule is O=C(C1=CCN(NC2CCCCC2)S1)c1ccc(Cl)c([N+](=O)[O-])c1. The minimum absolute atomic E-state index is 0.0326. The molecule has 0 atom stereocenters. The Hall–Kier alpha value is -1.41. The van der Waals surface area contributed by atoms with E-state index in [-0.39, 0.29) is 22.1 Å². The van der Waals surface area contributed by atoms with E-state index < -0.39 is 4.92 Å². The first-order chi connectivity index (χ1) is 11.5. The largest absolute Gasteiger partial charge is 0.288 e. The fraction of sp³-hybridized carbons (Fsp3) is 0.438. The van der Waals surface area contributed by atoms with E-state index in [0.717, 1.165) is 12.8 Å². The smallest absolute Gasteiger partial charge is 0.288 e. The number of nitrogens with zero attached hydrogens (tertiary/aromatic N) is 2. The van der Waals surface area contributed by atoms with Crippen LogP contribution in [0.2, 0.25) is 5.02 Å². The second kappa shape index (κ2) is 7.65. The lowest BCUT2D eigenvalue weighted by atomic mass is 9.96. The molecular formula is C16H18ClN3O3S. The van der Waals surface area contributed by atoms with Gasteiger partial charge in [0.25, 0.3) is 5.69 Å². The maximum absolute atomic E-state index is 12.6. The lowest BCUT2D eigenvalue weighted by molar-refractivity contribution is -0.384. The van der Waals surface area contributed by atoms with Gasteiger partial charge in [-0.1, -0.05) is 30.9 Å². The van der Waals surface area contributed by atoms with Crippen molar-refractivity contribution in [2.24, 2.45) is 0 Å². The molecule has 0 unspecified atom stereocenters. The average molecular weight is 368 g/mol. The van der Waals surface area contributed by atoms with Gasteiger partial charge < -0.3 is 0 Å². The Bertz CT molecular complexity index is 689. The van der Waals surface area contributed by atoms with Crippen LogP contribution < -0.4 is 5.43 Å². The molecule has 128 valence electrons. The highest BCUT2D eigenvalue weighted by Crippen LogP contribution is 2.32. The van der Waals surface area contributed by atoms with E-state index in [9.17, 15) is 14.9 Å². The molecule has 6 nitrogen and oxygen atoms in total. The van der Waals surface area contributed by atoms with Crippen LogP contribution in [0.1, 0.15) is 42.5 Å². The Morgan fingerprint density at radius 1 is 1.33 bits per heavy atom. The van der Waals surface area contributed by atoms with Crippen LogP contribution in [0.15, 0.2) is 29.2 Å². The number of allylic oxidation sites excluding steroid dienone is 1. The van der Waals surface area contributed by atoms with E-state index in [1.807, 2.05) is 10.5 Å². The van der Waals surface area contributed by atoms with Gasteiger partial charge in [-0.2, -0.15) is 4.41 Å². The number of benzene rings is 1. The first kappa shape index (κ1) is 17.4. The average Bonchev–Trinajstić information content (AvgIpc) is 3.04. The van der Waals surface area contributed by atoms with Gasteiger partial charge in [-0.15, -0.1) is 0 Å². The minimum atomic E-state index is -0.577. The van der Waals surface area contributed by atoms with Gasteiger partial charge >= 0.3 is 0 Å². The molecule has 0 amide bonds. The number of hydrogen-bond acceptors (Lipinski definition) is 6. The van der Waals surface area contributed by atoms with Crippen LogP contribution in [-0.4, -0.2) is 27.7 Å². The van der Waals surface area contributed by atoms with Crippen molar-refractivity contribution in [2.45, 2.75) is 38.1 Å². The number of rotatable bonds is 5. The van der Waals surface area contributed by atoms with Crippen molar-refractivity contribution < 1.29 is 9.72 Å². The summed E-state index contributed by atoms with van der Waals surface area (Å²) in [6.45, 7) is 0.637. The summed E-state index contributed by atoms with van der Waals surface area (Å²) >= 11 is 7.15. The Morgan fingerprint density at radius 2 is 2.08 bits per heavy atom. The van der Waals surface area contributed by atoms with Crippen molar-refractivity contribution in [3.05, 3.63) is 49.9 Å². The molecule has 1 fully saturated rings. The van der Waals surface area contributed by atoms with Crippen LogP contribution in [0.3, 0.4) is 0 Å². The van der Waals surface area contributed by atoms with Crippen molar-refractivity contribution in [2.75, 3.05) is 6.54 Å². The number of nitro groups is 1. The quantitative estimate of drug-likeness (QED) is 0.365. The third-order valence-corrected chi connectivity index (χ3v) is 5.55. The molecule has 3 rings (SSSR count). The molecule has 0 aromatic heterocycles. The standard InChI is InChI=1S/C16H18ClN3O3S/c17-13-7-6-11(10-14(13)20(22)23)16(21)15-8-9-19(24-15)18-12-4-2-1-3-5-12/h6-8,10,12,18H,1-5,9H2. The minimum Gasteiger partial charge on any atom is -0.288 e. The van der Waals surface area contributed by atoms with E-state index >= 15 is 0 Å². The second-order valence-electron chi connectivity index (χ2n) is 5.94. The Kier molecular flexibility index (Phi) is 5.55. The predicted molar refractivity (Wildman–Crippen MR) is 94.8 cm³/mol. The summed E-state index contributed by atoms with van der Waals surface area (Å²) in [6, 6.07) is 4.62. The number of nitrogens with one attached hydrogen (secondary N) is 1. The van der Waals surface area contributed by atoms with Crippen LogP contribution in [0.4, 0.5) is 5.69 Å². The van der Waals surface area contributed by atoms with E-state index in [1.165, 1.54) is 49.4 Å². The van der Waals surface area contributed by atoms with Crippen LogP contribution in [0.5, 0.6) is 0 Å². The van der Waals surface area contributed by atoms with E-state index in [0.29, 0.717) is 17.5 Å². The summed E-state index contributed by atoms with van der Waals surface area (Å²) in [4.78, 5) is 23.5. The molecule has 0 bridgehead atoms. The molecule has 8 heteroatoms. The second-order valence-corrected chi connectivity index (χ2v) is 7.41. The third-order valence-electron chi connectivity index (χ3n) is 4.21. The van der Waals surface area contributed by atoms with Crippen molar-refractivity contribution in [1.82, 2.24) is 9.84 Å². The molecule has 1 heterocycles. The topological polar surface area (TPSA) is 75.5 Å². The van der Waals surface area contributed by atoms with E-state index in [4.69, 9.17) is 11.6 Å². The van der Waals surface area contributed by atoms with Gasteiger partial charge in [-0.25, -0.2) is 5.43 Å². The van der Waals surface area contributed by atoms with Gasteiger partial charge in [-0.05, 0) is 43.0 Å². The number of hydrogen-bond donors (Lipinski definition) is 1. The van der Waals surface area contributed by atoms with Gasteiger partial charge in [-0.3, -0.25) is 14.9 Å². The normalized spacial score (nSPS) is 19.3. The molecule has 2 aliphatic rings. The van der Waals surface area contributed by atoms with Gasteiger partial charge in [0.05, 0.1) is 9.83 Å². The van der Waals surface area contributed by atoms with Crippen LogP contribution >= 0.6 is 23.5 Å². The molecule has 1 saturated carbocycles. The molecule has 0 saturated heterocycles. The maximum Gasteiger partial charge on any atom is 0.288 e. The highest BCUT2D eigenvalue weighted by atomic mass is 35.5. The van der Waals surface area contributed by atoms with Crippen molar-refractivity contribution in [3.63, 3.8) is 0 Å². The van der Waals surface area contributed by atoms with Crippen molar-refractivity contribution in [1.29, 1.82) is 0 Å². The van der Waals surface area contributed by atoms with Crippen LogP contribution in [0.25, 0.3) is 0 Å². The molecular weight excluding hydrogens is 350 g/mol. The van der Waals surface area contributed by atoms with Crippen molar-refractivity contribution in [3.8, 4) is 0 Å². The summed E-state index contributed by atoms with van der Waals surface area (Å²) in [5.41, 5.74) is 3.49. The summed E-state index contributed by atoms with van der Waals surface area (Å²) in [5.74, 6) is -0.215. The monoisotopic (exact) mass is 367 g/mol. The van der Waals surface area contributed by atoms with Crippen molar-refractivity contribution >= 4 is 35.0 Å². The van der Waals surface area contributed by atoms with E-state index in [1.54, 1.807) is 0 Å². The van der Waals surface area contributed by atoms with Gasteiger partial charge in [0.2, 0.25) is 5.78 Å². The highest BCUT2D eigenvalue weighted by molar-refractivity contribution is 8.02.